The van der Waals surface area contributed by atoms with E-state index in [-0.39, 0.29) is 11.3 Å². The molecule has 1 aliphatic carbocycles. The highest BCUT2D eigenvalue weighted by molar-refractivity contribution is 5.96. The number of nitrogens with one attached hydrogen (secondary N) is 1. The van der Waals surface area contributed by atoms with Gasteiger partial charge in [0, 0.05) is 17.5 Å². The van der Waals surface area contributed by atoms with E-state index in [1.807, 2.05) is 0 Å². The summed E-state index contributed by atoms with van der Waals surface area (Å²) in [6, 6.07) is 15.4. The molecule has 1 N–H and O–H groups in total. The average molecular weight is 404 g/mol. The van der Waals surface area contributed by atoms with Crippen molar-refractivity contribution in [3.8, 4) is 0 Å². The number of carbonyl (C=O) groups is 1. The lowest BCUT2D eigenvalue weighted by Crippen LogP contribution is -2.36. The number of benzene rings is 2. The molecule has 2 nitrogen and oxygen atoms in total. The second-order valence-corrected chi connectivity index (χ2v) is 10.8. The van der Waals surface area contributed by atoms with Gasteiger partial charge in [-0.3, -0.25) is 4.79 Å². The minimum absolute atomic E-state index is 0.108. The lowest BCUT2D eigenvalue weighted by Gasteiger charge is -2.41. The number of aryl methyl sites for hydroxylation is 2. The van der Waals surface area contributed by atoms with Gasteiger partial charge in [0.05, 0.1) is 0 Å². The Balaban J connectivity index is 1.60. The zero-order valence-electron chi connectivity index (χ0n) is 19.3. The lowest BCUT2D eigenvalue weighted by molar-refractivity contribution is -0.117. The van der Waals surface area contributed by atoms with Gasteiger partial charge in [-0.25, -0.2) is 0 Å². The molecule has 1 heterocycles. The molecule has 0 spiro atoms. The van der Waals surface area contributed by atoms with Crippen LogP contribution >= 0.6 is 0 Å². The van der Waals surface area contributed by atoms with E-state index in [1.54, 1.807) is 0 Å². The summed E-state index contributed by atoms with van der Waals surface area (Å²) in [5.41, 5.74) is 6.29. The average Bonchev–Trinajstić information content (AvgIpc) is 2.70. The van der Waals surface area contributed by atoms with Crippen LogP contribution in [0.1, 0.15) is 82.1 Å². The second-order valence-electron chi connectivity index (χ2n) is 10.8. The Labute approximate surface area is 182 Å². The van der Waals surface area contributed by atoms with Gasteiger partial charge in [0.25, 0.3) is 0 Å². The standard InChI is InChI=1S/C28H37NO/c1-19-6-9-23(10-7-19)28(5)18-26(30)29-25-11-8-22(16-24(25)28)13-15-27(4)14-12-20(2)21(3)17-27/h6-11,16,20-21H,12-15,17-18H2,1-5H3,(H,29,30)/t20-,21-,27-,28+/m0/s1. The largest absolute Gasteiger partial charge is 0.326 e. The normalized spacial score (nSPS) is 31.2. The second kappa shape index (κ2) is 7.87. The monoisotopic (exact) mass is 403 g/mol. The van der Waals surface area contributed by atoms with Crippen LogP contribution < -0.4 is 5.32 Å². The highest BCUT2D eigenvalue weighted by Crippen LogP contribution is 2.46. The van der Waals surface area contributed by atoms with E-state index in [1.165, 1.54) is 47.9 Å². The fourth-order valence-electron chi connectivity index (χ4n) is 5.72. The van der Waals surface area contributed by atoms with Crippen LogP contribution in [-0.4, -0.2) is 5.91 Å². The first-order valence-electron chi connectivity index (χ1n) is 11.7. The minimum Gasteiger partial charge on any atom is -0.326 e. The lowest BCUT2D eigenvalue weighted by atomic mass is 9.65. The van der Waals surface area contributed by atoms with Crippen LogP contribution in [0, 0.1) is 24.2 Å². The Morgan fingerprint density at radius 2 is 1.77 bits per heavy atom. The van der Waals surface area contributed by atoms with Gasteiger partial charge in [-0.05, 0) is 79.0 Å². The van der Waals surface area contributed by atoms with Crippen molar-refractivity contribution in [3.05, 3.63) is 64.7 Å². The van der Waals surface area contributed by atoms with Gasteiger partial charge in [0.1, 0.15) is 0 Å². The summed E-state index contributed by atoms with van der Waals surface area (Å²) >= 11 is 0. The van der Waals surface area contributed by atoms with E-state index in [2.05, 4.69) is 82.4 Å². The molecule has 0 radical (unpaired) electrons. The molecular weight excluding hydrogens is 366 g/mol. The molecule has 2 aromatic rings. The molecule has 0 saturated heterocycles. The molecule has 4 rings (SSSR count). The molecule has 0 aromatic heterocycles. The van der Waals surface area contributed by atoms with E-state index in [9.17, 15) is 4.79 Å². The summed E-state index contributed by atoms with van der Waals surface area (Å²) in [6.45, 7) is 11.7. The first-order valence-corrected chi connectivity index (χ1v) is 11.7. The number of rotatable bonds is 4. The third-order valence-electron chi connectivity index (χ3n) is 8.16. The maximum atomic E-state index is 12.5. The summed E-state index contributed by atoms with van der Waals surface area (Å²) < 4.78 is 0. The SMILES string of the molecule is Cc1ccc([C@@]2(C)CC(=O)Nc3ccc(CC[C@]4(C)CC[C@H](C)[C@@H](C)C4)cc32)cc1. The summed E-state index contributed by atoms with van der Waals surface area (Å²) in [5, 5.41) is 3.11. The van der Waals surface area contributed by atoms with Gasteiger partial charge in [-0.1, -0.05) is 69.7 Å². The molecule has 2 heteroatoms. The fraction of sp³-hybridized carbons (Fsp3) is 0.536. The first-order chi connectivity index (χ1) is 14.2. The molecule has 2 aliphatic rings. The molecular formula is C28H37NO. The fourth-order valence-corrected chi connectivity index (χ4v) is 5.72. The number of hydrogen-bond donors (Lipinski definition) is 1. The Bertz CT molecular complexity index is 930. The topological polar surface area (TPSA) is 29.1 Å². The van der Waals surface area contributed by atoms with Crippen LogP contribution in [0.15, 0.2) is 42.5 Å². The van der Waals surface area contributed by atoms with Gasteiger partial charge in [-0.15, -0.1) is 0 Å². The van der Waals surface area contributed by atoms with Gasteiger partial charge in [0.2, 0.25) is 5.91 Å². The maximum Gasteiger partial charge on any atom is 0.225 e. The molecule has 30 heavy (non-hydrogen) atoms. The minimum atomic E-state index is -0.278. The third kappa shape index (κ3) is 4.06. The Morgan fingerprint density at radius 3 is 2.47 bits per heavy atom. The van der Waals surface area contributed by atoms with Crippen molar-refractivity contribution in [2.45, 2.75) is 78.6 Å². The summed E-state index contributed by atoms with van der Waals surface area (Å²) in [5.74, 6) is 1.80. The molecule has 1 aliphatic heterocycles. The molecule has 4 atom stereocenters. The van der Waals surface area contributed by atoms with Crippen molar-refractivity contribution in [2.24, 2.45) is 17.3 Å². The van der Waals surface area contributed by atoms with Crippen molar-refractivity contribution in [3.63, 3.8) is 0 Å². The Hall–Kier alpha value is -2.09. The highest BCUT2D eigenvalue weighted by Gasteiger charge is 2.38. The van der Waals surface area contributed by atoms with E-state index in [0.29, 0.717) is 11.8 Å². The predicted molar refractivity (Wildman–Crippen MR) is 126 cm³/mol. The van der Waals surface area contributed by atoms with Crippen LogP contribution in [0.5, 0.6) is 0 Å². The molecule has 160 valence electrons. The molecule has 1 fully saturated rings. The van der Waals surface area contributed by atoms with Crippen molar-refractivity contribution >= 4 is 11.6 Å². The van der Waals surface area contributed by atoms with E-state index >= 15 is 0 Å². The smallest absolute Gasteiger partial charge is 0.225 e. The van der Waals surface area contributed by atoms with Crippen LogP contribution in [0.25, 0.3) is 0 Å². The predicted octanol–water partition coefficient (Wildman–Crippen LogP) is 7.04. The van der Waals surface area contributed by atoms with Crippen molar-refractivity contribution in [2.75, 3.05) is 5.32 Å². The van der Waals surface area contributed by atoms with Crippen molar-refractivity contribution < 1.29 is 4.79 Å². The van der Waals surface area contributed by atoms with E-state index in [4.69, 9.17) is 0 Å². The van der Waals surface area contributed by atoms with Crippen LogP contribution in [0.2, 0.25) is 0 Å². The van der Waals surface area contributed by atoms with Gasteiger partial charge in [-0.2, -0.15) is 0 Å². The van der Waals surface area contributed by atoms with E-state index in [0.717, 1.165) is 23.9 Å². The van der Waals surface area contributed by atoms with Crippen molar-refractivity contribution in [1.29, 1.82) is 0 Å². The first kappa shape index (κ1) is 21.2. The Kier molecular flexibility index (Phi) is 5.55. The van der Waals surface area contributed by atoms with Crippen LogP contribution in [0.3, 0.4) is 0 Å². The zero-order valence-corrected chi connectivity index (χ0v) is 19.3. The Morgan fingerprint density at radius 1 is 1.03 bits per heavy atom. The maximum absolute atomic E-state index is 12.5. The van der Waals surface area contributed by atoms with Gasteiger partial charge < -0.3 is 5.32 Å². The summed E-state index contributed by atoms with van der Waals surface area (Å²) in [7, 11) is 0. The molecule has 2 aromatic carbocycles. The van der Waals surface area contributed by atoms with Gasteiger partial charge >= 0.3 is 0 Å². The summed E-state index contributed by atoms with van der Waals surface area (Å²) in [4.78, 5) is 12.5. The quantitative estimate of drug-likeness (QED) is 0.583. The number of amides is 1. The van der Waals surface area contributed by atoms with Crippen molar-refractivity contribution in [1.82, 2.24) is 0 Å². The third-order valence-corrected chi connectivity index (χ3v) is 8.16. The number of anilines is 1. The molecule has 0 unspecified atom stereocenters. The number of carbonyl (C=O) groups excluding carboxylic acids is 1. The van der Waals surface area contributed by atoms with Gasteiger partial charge in [0.15, 0.2) is 0 Å². The number of fused-ring (bicyclic) bond motifs is 1. The highest BCUT2D eigenvalue weighted by atomic mass is 16.1. The van der Waals surface area contributed by atoms with E-state index < -0.39 is 0 Å². The molecule has 1 saturated carbocycles. The zero-order chi connectivity index (χ0) is 21.5. The summed E-state index contributed by atoms with van der Waals surface area (Å²) in [6.07, 6.45) is 6.91. The van der Waals surface area contributed by atoms with Crippen LogP contribution in [0.4, 0.5) is 5.69 Å². The number of hydrogen-bond acceptors (Lipinski definition) is 1. The van der Waals surface area contributed by atoms with Crippen LogP contribution in [-0.2, 0) is 16.6 Å². The molecule has 0 bridgehead atoms. The molecule has 1 amide bonds.